The van der Waals surface area contributed by atoms with E-state index in [1.165, 1.54) is 30.5 Å². The summed E-state index contributed by atoms with van der Waals surface area (Å²) in [7, 11) is -4.16. The van der Waals surface area contributed by atoms with Crippen molar-refractivity contribution in [3.05, 3.63) is 84.1 Å². The molecule has 0 unspecified atom stereocenters. The minimum Gasteiger partial charge on any atom is -0.459 e. The van der Waals surface area contributed by atoms with Gasteiger partial charge < -0.3 is 18.6 Å². The van der Waals surface area contributed by atoms with Gasteiger partial charge in [0.05, 0.1) is 11.2 Å². The normalized spacial score (nSPS) is 14.3. The van der Waals surface area contributed by atoms with Gasteiger partial charge in [-0.25, -0.2) is 17.2 Å². The average molecular weight is 499 g/mol. The zero-order valence-electron chi connectivity index (χ0n) is 18.2. The van der Waals surface area contributed by atoms with Gasteiger partial charge in [-0.2, -0.15) is 4.98 Å². The highest BCUT2D eigenvalue weighted by Gasteiger charge is 2.34. The standard InChI is InChI=1S/C24H19F2N3O5S/c25-17-6-8-19(9-7-17)35(31,32)22-24(34-21(27-22)20-5-2-14-33-20)29-12-10-28(11-13-29)23(30)16-3-1-4-18(26)15-16/h1-9,14-15H,10-13H2. The Labute approximate surface area is 199 Å². The molecule has 0 atom stereocenters. The second-order valence-electron chi connectivity index (χ2n) is 7.85. The van der Waals surface area contributed by atoms with E-state index in [0.717, 1.165) is 24.3 Å². The van der Waals surface area contributed by atoms with Crippen molar-refractivity contribution in [2.75, 3.05) is 31.1 Å². The Hall–Kier alpha value is -3.99. The number of carbonyl (C=O) groups excluding carboxylic acids is 1. The minimum absolute atomic E-state index is 0.00132. The summed E-state index contributed by atoms with van der Waals surface area (Å²) >= 11 is 0. The number of benzene rings is 2. The summed E-state index contributed by atoms with van der Waals surface area (Å²) in [5, 5.41) is -0.333. The van der Waals surface area contributed by atoms with E-state index in [4.69, 9.17) is 8.83 Å². The molecule has 0 aliphatic carbocycles. The van der Waals surface area contributed by atoms with E-state index in [0.29, 0.717) is 0 Å². The number of hydrogen-bond donors (Lipinski definition) is 0. The zero-order chi connectivity index (χ0) is 24.6. The number of oxazole rings is 1. The molecule has 3 heterocycles. The molecule has 0 radical (unpaired) electrons. The number of furan rings is 1. The van der Waals surface area contributed by atoms with Crippen LogP contribution in [0, 0.1) is 11.6 Å². The van der Waals surface area contributed by atoms with Crippen LogP contribution in [0.3, 0.4) is 0 Å². The number of amides is 1. The van der Waals surface area contributed by atoms with Gasteiger partial charge in [0.2, 0.25) is 20.7 Å². The highest BCUT2D eigenvalue weighted by molar-refractivity contribution is 7.91. The summed E-state index contributed by atoms with van der Waals surface area (Å²) in [6, 6.07) is 13.1. The Morgan fingerprint density at radius 1 is 0.914 bits per heavy atom. The smallest absolute Gasteiger partial charge is 0.266 e. The molecule has 5 rings (SSSR count). The fourth-order valence-corrected chi connectivity index (χ4v) is 5.14. The van der Waals surface area contributed by atoms with E-state index < -0.39 is 21.5 Å². The lowest BCUT2D eigenvalue weighted by molar-refractivity contribution is 0.0744. The first-order valence-electron chi connectivity index (χ1n) is 10.7. The fourth-order valence-electron chi connectivity index (χ4n) is 3.82. The van der Waals surface area contributed by atoms with Crippen molar-refractivity contribution in [2.45, 2.75) is 9.92 Å². The summed E-state index contributed by atoms with van der Waals surface area (Å²) < 4.78 is 64.8. The molecule has 0 N–H and O–H groups in total. The number of anilines is 1. The van der Waals surface area contributed by atoms with Crippen LogP contribution in [0.5, 0.6) is 0 Å². The van der Waals surface area contributed by atoms with E-state index in [2.05, 4.69) is 4.98 Å². The largest absolute Gasteiger partial charge is 0.459 e. The molecule has 35 heavy (non-hydrogen) atoms. The lowest BCUT2D eigenvalue weighted by atomic mass is 10.2. The number of carbonyl (C=O) groups is 1. The number of aromatic nitrogens is 1. The van der Waals surface area contributed by atoms with Crippen LogP contribution in [-0.2, 0) is 9.84 Å². The number of nitrogens with zero attached hydrogens (tertiary/aromatic N) is 3. The van der Waals surface area contributed by atoms with E-state index >= 15 is 0 Å². The van der Waals surface area contributed by atoms with Crippen molar-refractivity contribution in [2.24, 2.45) is 0 Å². The summed E-state index contributed by atoms with van der Waals surface area (Å²) in [5.41, 5.74) is 0.234. The van der Waals surface area contributed by atoms with Gasteiger partial charge in [-0.1, -0.05) is 6.07 Å². The van der Waals surface area contributed by atoms with Crippen LogP contribution in [0.25, 0.3) is 11.7 Å². The summed E-state index contributed by atoms with van der Waals surface area (Å²) in [6.07, 6.45) is 1.41. The van der Waals surface area contributed by atoms with Crippen LogP contribution < -0.4 is 4.90 Å². The molecule has 1 amide bonds. The van der Waals surface area contributed by atoms with Crippen molar-refractivity contribution in [3.8, 4) is 11.7 Å². The molecule has 180 valence electrons. The van der Waals surface area contributed by atoms with Crippen molar-refractivity contribution in [1.29, 1.82) is 0 Å². The van der Waals surface area contributed by atoms with Crippen LogP contribution in [0.15, 0.2) is 85.7 Å². The molecule has 1 aliphatic rings. The van der Waals surface area contributed by atoms with Gasteiger partial charge in [0.25, 0.3) is 11.8 Å². The van der Waals surface area contributed by atoms with Crippen molar-refractivity contribution in [3.63, 3.8) is 0 Å². The molecule has 1 fully saturated rings. The molecule has 0 bridgehead atoms. The fraction of sp³-hybridized carbons (Fsp3) is 0.167. The molecule has 8 nitrogen and oxygen atoms in total. The predicted octanol–water partition coefficient (Wildman–Crippen LogP) is 4.01. The number of piperazine rings is 1. The van der Waals surface area contributed by atoms with Gasteiger partial charge in [-0.15, -0.1) is 0 Å². The molecule has 11 heteroatoms. The number of halogens is 2. The number of hydrogen-bond acceptors (Lipinski definition) is 7. The second kappa shape index (κ2) is 8.99. The van der Waals surface area contributed by atoms with Crippen molar-refractivity contribution < 1.29 is 30.8 Å². The van der Waals surface area contributed by atoms with Crippen LogP contribution in [-0.4, -0.2) is 50.4 Å². The quantitative estimate of drug-likeness (QED) is 0.383. The molecule has 4 aromatic rings. The Morgan fingerprint density at radius 2 is 1.66 bits per heavy atom. The first-order chi connectivity index (χ1) is 16.8. The third kappa shape index (κ3) is 4.42. The molecule has 0 saturated carbocycles. The molecule has 2 aromatic heterocycles. The maximum atomic E-state index is 13.5. The highest BCUT2D eigenvalue weighted by Crippen LogP contribution is 2.35. The monoisotopic (exact) mass is 499 g/mol. The third-order valence-electron chi connectivity index (χ3n) is 5.62. The molecule has 1 saturated heterocycles. The Balaban J connectivity index is 1.44. The first kappa shape index (κ1) is 22.8. The van der Waals surface area contributed by atoms with Crippen LogP contribution in [0.1, 0.15) is 10.4 Å². The number of rotatable bonds is 5. The third-order valence-corrected chi connectivity index (χ3v) is 7.28. The summed E-state index contributed by atoms with van der Waals surface area (Å²) in [6.45, 7) is 1.00. The maximum absolute atomic E-state index is 13.5. The van der Waals surface area contributed by atoms with Crippen LogP contribution in [0.2, 0.25) is 0 Å². The highest BCUT2D eigenvalue weighted by atomic mass is 32.2. The molecular formula is C24H19F2N3O5S. The Bertz CT molecular complexity index is 1460. The second-order valence-corrected chi connectivity index (χ2v) is 9.72. The first-order valence-corrected chi connectivity index (χ1v) is 12.2. The van der Waals surface area contributed by atoms with E-state index in [1.807, 2.05) is 0 Å². The van der Waals surface area contributed by atoms with Gasteiger partial charge in [-0.05, 0) is 54.6 Å². The number of sulfone groups is 1. The summed E-state index contributed by atoms with van der Waals surface area (Å²) in [5.74, 6) is -1.18. The molecule has 0 spiro atoms. The van der Waals surface area contributed by atoms with Gasteiger partial charge in [-0.3, -0.25) is 4.79 Å². The van der Waals surface area contributed by atoms with Crippen molar-refractivity contribution >= 4 is 21.6 Å². The van der Waals surface area contributed by atoms with Gasteiger partial charge in [0.15, 0.2) is 5.76 Å². The minimum atomic E-state index is -4.16. The molecular weight excluding hydrogens is 480 g/mol. The molecule has 1 aliphatic heterocycles. The van der Waals surface area contributed by atoms with Gasteiger partial charge in [0.1, 0.15) is 11.6 Å². The Morgan fingerprint density at radius 3 is 2.31 bits per heavy atom. The van der Waals surface area contributed by atoms with E-state index in [9.17, 15) is 22.0 Å². The molecule has 2 aromatic carbocycles. The van der Waals surface area contributed by atoms with Gasteiger partial charge in [0, 0.05) is 31.7 Å². The SMILES string of the molecule is O=C(c1cccc(F)c1)N1CCN(c2oc(-c3ccco3)nc2S(=O)(=O)c2ccc(F)cc2)CC1. The van der Waals surface area contributed by atoms with Crippen molar-refractivity contribution in [1.82, 2.24) is 9.88 Å². The van der Waals surface area contributed by atoms with Crippen LogP contribution in [0.4, 0.5) is 14.7 Å². The van der Waals surface area contributed by atoms with Crippen LogP contribution >= 0.6 is 0 Å². The van der Waals surface area contributed by atoms with E-state index in [-0.39, 0.29) is 65.1 Å². The summed E-state index contributed by atoms with van der Waals surface area (Å²) in [4.78, 5) is 20.1. The Kier molecular flexibility index (Phi) is 5.85. The average Bonchev–Trinajstić information content (AvgIpc) is 3.55. The van der Waals surface area contributed by atoms with Gasteiger partial charge >= 0.3 is 0 Å². The van der Waals surface area contributed by atoms with E-state index in [1.54, 1.807) is 21.9 Å². The lowest BCUT2D eigenvalue weighted by Gasteiger charge is -2.34. The topological polar surface area (TPSA) is 96.9 Å². The zero-order valence-corrected chi connectivity index (χ0v) is 19.0. The lowest BCUT2D eigenvalue weighted by Crippen LogP contribution is -2.49. The maximum Gasteiger partial charge on any atom is 0.266 e. The predicted molar refractivity (Wildman–Crippen MR) is 121 cm³/mol.